The van der Waals surface area contributed by atoms with Gasteiger partial charge in [0.2, 0.25) is 5.56 Å². The van der Waals surface area contributed by atoms with Crippen molar-refractivity contribution in [1.82, 2.24) is 4.98 Å². The van der Waals surface area contributed by atoms with E-state index >= 15 is 0 Å². The van der Waals surface area contributed by atoms with E-state index in [1.807, 2.05) is 0 Å². The SMILES string of the molecule is O=C(CC(c1ccc(OC(F)(F)F)c(F)c1)c1c(F)cccc1F)c1ccc(=O)[nH]c1. The average molecular weight is 441 g/mol. The summed E-state index contributed by atoms with van der Waals surface area (Å²) in [6, 6.07) is 7.52. The molecule has 0 amide bonds. The Labute approximate surface area is 171 Å². The number of nitrogens with one attached hydrogen (secondary N) is 1. The van der Waals surface area contributed by atoms with Gasteiger partial charge >= 0.3 is 6.36 Å². The molecule has 2 aromatic carbocycles. The Kier molecular flexibility index (Phi) is 6.19. The minimum atomic E-state index is -5.14. The van der Waals surface area contributed by atoms with E-state index in [1.165, 1.54) is 6.07 Å². The van der Waals surface area contributed by atoms with E-state index < -0.39 is 58.8 Å². The second kappa shape index (κ2) is 8.66. The monoisotopic (exact) mass is 441 g/mol. The van der Waals surface area contributed by atoms with Crippen molar-refractivity contribution in [2.24, 2.45) is 0 Å². The molecule has 4 nitrogen and oxygen atoms in total. The zero-order valence-electron chi connectivity index (χ0n) is 15.5. The van der Waals surface area contributed by atoms with Gasteiger partial charge in [0.05, 0.1) is 0 Å². The Bertz CT molecular complexity index is 1130. The fraction of sp³-hybridized carbons (Fsp3) is 0.143. The average Bonchev–Trinajstić information content (AvgIpc) is 2.68. The molecule has 0 bridgehead atoms. The molecule has 0 spiro atoms. The van der Waals surface area contributed by atoms with Gasteiger partial charge in [-0.25, -0.2) is 13.2 Å². The van der Waals surface area contributed by atoms with E-state index in [9.17, 15) is 35.9 Å². The molecule has 0 radical (unpaired) electrons. The van der Waals surface area contributed by atoms with E-state index in [1.54, 1.807) is 0 Å². The van der Waals surface area contributed by atoms with Crippen LogP contribution in [0.4, 0.5) is 26.3 Å². The van der Waals surface area contributed by atoms with Crippen LogP contribution in [0.25, 0.3) is 0 Å². The molecule has 1 unspecified atom stereocenters. The van der Waals surface area contributed by atoms with Crippen LogP contribution in [-0.2, 0) is 0 Å². The number of H-pyrrole nitrogens is 1. The summed E-state index contributed by atoms with van der Waals surface area (Å²) in [5, 5.41) is 0. The maximum atomic E-state index is 14.4. The molecule has 0 aliphatic heterocycles. The van der Waals surface area contributed by atoms with E-state index in [0.717, 1.165) is 36.5 Å². The molecule has 1 N–H and O–H groups in total. The first kappa shape index (κ1) is 22.1. The molecule has 10 heteroatoms. The highest BCUT2D eigenvalue weighted by molar-refractivity contribution is 5.96. The van der Waals surface area contributed by atoms with Crippen LogP contribution in [0.1, 0.15) is 33.8 Å². The summed E-state index contributed by atoms with van der Waals surface area (Å²) in [7, 11) is 0. The van der Waals surface area contributed by atoms with Gasteiger partial charge in [0.15, 0.2) is 17.3 Å². The molecule has 3 rings (SSSR count). The van der Waals surface area contributed by atoms with Gasteiger partial charge in [-0.1, -0.05) is 12.1 Å². The van der Waals surface area contributed by atoms with Crippen molar-refractivity contribution >= 4 is 5.78 Å². The molecule has 3 aromatic rings. The largest absolute Gasteiger partial charge is 0.573 e. The molecule has 1 heterocycles. The van der Waals surface area contributed by atoms with Crippen LogP contribution in [0, 0.1) is 17.5 Å². The zero-order chi connectivity index (χ0) is 22.8. The van der Waals surface area contributed by atoms with Crippen LogP contribution < -0.4 is 10.3 Å². The van der Waals surface area contributed by atoms with E-state index in [-0.39, 0.29) is 11.1 Å². The standard InChI is InChI=1S/C21H13F6NO3/c22-14-2-1-3-15(23)20(14)13(9-17(29)12-5-7-19(30)28-10-12)11-4-6-18(16(24)8-11)31-21(25,26)27/h1-8,10,13H,9H2,(H,28,30). The number of ketones is 1. The predicted octanol–water partition coefficient (Wildman–Crippen LogP) is 5.10. The molecule has 0 saturated heterocycles. The van der Waals surface area contributed by atoms with Gasteiger partial charge in [-0.15, -0.1) is 13.2 Å². The number of aromatic amines is 1. The maximum Gasteiger partial charge on any atom is 0.573 e. The van der Waals surface area contributed by atoms with Gasteiger partial charge in [-0.05, 0) is 35.9 Å². The molecule has 0 aliphatic rings. The minimum absolute atomic E-state index is 0.0267. The van der Waals surface area contributed by atoms with E-state index in [0.29, 0.717) is 12.1 Å². The molecule has 31 heavy (non-hydrogen) atoms. The first-order valence-corrected chi connectivity index (χ1v) is 8.76. The number of halogens is 6. The highest BCUT2D eigenvalue weighted by Crippen LogP contribution is 2.35. The van der Waals surface area contributed by atoms with Crippen molar-refractivity contribution in [2.75, 3.05) is 0 Å². The van der Waals surface area contributed by atoms with E-state index in [4.69, 9.17) is 0 Å². The molecular weight excluding hydrogens is 428 g/mol. The Hall–Kier alpha value is -3.56. The summed E-state index contributed by atoms with van der Waals surface area (Å²) in [5.41, 5.74) is -1.15. The smallest absolute Gasteiger partial charge is 0.403 e. The van der Waals surface area contributed by atoms with Crippen molar-refractivity contribution in [3.8, 4) is 5.75 Å². The Balaban J connectivity index is 2.04. The topological polar surface area (TPSA) is 59.2 Å². The molecule has 162 valence electrons. The maximum absolute atomic E-state index is 14.4. The number of pyridine rings is 1. The van der Waals surface area contributed by atoms with Crippen LogP contribution in [-0.4, -0.2) is 17.1 Å². The Morgan fingerprint density at radius 1 is 0.968 bits per heavy atom. The lowest BCUT2D eigenvalue weighted by Crippen LogP contribution is -2.18. The lowest BCUT2D eigenvalue weighted by molar-refractivity contribution is -0.275. The van der Waals surface area contributed by atoms with Gasteiger partial charge in [0, 0.05) is 35.7 Å². The summed E-state index contributed by atoms with van der Waals surface area (Å²) in [4.78, 5) is 26.1. The van der Waals surface area contributed by atoms with Crippen LogP contribution >= 0.6 is 0 Å². The van der Waals surface area contributed by atoms with Crippen LogP contribution in [0.5, 0.6) is 5.75 Å². The third-order valence-electron chi connectivity index (χ3n) is 4.43. The van der Waals surface area contributed by atoms with Crippen molar-refractivity contribution in [3.05, 3.63) is 99.2 Å². The fourth-order valence-corrected chi connectivity index (χ4v) is 3.06. The quantitative estimate of drug-likeness (QED) is 0.428. The lowest BCUT2D eigenvalue weighted by Gasteiger charge is -2.20. The number of ether oxygens (including phenoxy) is 1. The molecule has 0 saturated carbocycles. The third-order valence-corrected chi connectivity index (χ3v) is 4.43. The summed E-state index contributed by atoms with van der Waals surface area (Å²) in [6.45, 7) is 0. The van der Waals surface area contributed by atoms with Crippen LogP contribution in [0.2, 0.25) is 0 Å². The van der Waals surface area contributed by atoms with Crippen molar-refractivity contribution in [3.63, 3.8) is 0 Å². The number of rotatable bonds is 6. The first-order chi connectivity index (χ1) is 14.5. The molecular formula is C21H13F6NO3. The minimum Gasteiger partial charge on any atom is -0.403 e. The van der Waals surface area contributed by atoms with Gasteiger partial charge in [0.1, 0.15) is 11.6 Å². The molecule has 1 atom stereocenters. The Morgan fingerprint density at radius 2 is 1.65 bits per heavy atom. The number of carbonyl (C=O) groups is 1. The van der Waals surface area contributed by atoms with Gasteiger partial charge in [-0.2, -0.15) is 0 Å². The fourth-order valence-electron chi connectivity index (χ4n) is 3.06. The number of carbonyl (C=O) groups excluding carboxylic acids is 1. The van der Waals surface area contributed by atoms with E-state index in [2.05, 4.69) is 9.72 Å². The zero-order valence-corrected chi connectivity index (χ0v) is 15.5. The van der Waals surface area contributed by atoms with Crippen molar-refractivity contribution < 1.29 is 35.9 Å². The summed E-state index contributed by atoms with van der Waals surface area (Å²) in [5.74, 6) is -6.59. The van der Waals surface area contributed by atoms with Crippen molar-refractivity contribution in [1.29, 1.82) is 0 Å². The number of aromatic nitrogens is 1. The van der Waals surface area contributed by atoms with Crippen LogP contribution in [0.15, 0.2) is 59.5 Å². The van der Waals surface area contributed by atoms with Gasteiger partial charge in [-0.3, -0.25) is 9.59 Å². The summed E-state index contributed by atoms with van der Waals surface area (Å²) >= 11 is 0. The van der Waals surface area contributed by atoms with Crippen LogP contribution in [0.3, 0.4) is 0 Å². The molecule has 0 aliphatic carbocycles. The number of benzene rings is 2. The number of alkyl halides is 3. The summed E-state index contributed by atoms with van der Waals surface area (Å²) in [6.07, 6.45) is -4.58. The molecule has 1 aromatic heterocycles. The Morgan fingerprint density at radius 3 is 2.19 bits per heavy atom. The third kappa shape index (κ3) is 5.33. The second-order valence-electron chi connectivity index (χ2n) is 6.49. The lowest BCUT2D eigenvalue weighted by atomic mass is 9.85. The second-order valence-corrected chi connectivity index (χ2v) is 6.49. The highest BCUT2D eigenvalue weighted by Gasteiger charge is 2.33. The highest BCUT2D eigenvalue weighted by atomic mass is 19.4. The normalized spacial score (nSPS) is 12.5. The number of hydrogen-bond acceptors (Lipinski definition) is 3. The first-order valence-electron chi connectivity index (χ1n) is 8.76. The number of hydrogen-bond donors (Lipinski definition) is 1. The number of Topliss-reactive ketones (excluding diaryl/α,β-unsaturated/α-hetero) is 1. The van der Waals surface area contributed by atoms with Gasteiger partial charge in [0.25, 0.3) is 0 Å². The van der Waals surface area contributed by atoms with Crippen molar-refractivity contribution in [2.45, 2.75) is 18.7 Å². The molecule has 0 fully saturated rings. The van der Waals surface area contributed by atoms with Gasteiger partial charge < -0.3 is 9.72 Å². The summed E-state index contributed by atoms with van der Waals surface area (Å²) < 4.78 is 83.8. The predicted molar refractivity (Wildman–Crippen MR) is 97.3 cm³/mol.